The summed E-state index contributed by atoms with van der Waals surface area (Å²) in [4.78, 5) is 39.1. The molecule has 51 heavy (non-hydrogen) atoms. The fourth-order valence-corrected chi connectivity index (χ4v) is 8.06. The van der Waals surface area contributed by atoms with Gasteiger partial charge in [0, 0.05) is 18.7 Å². The molecule has 0 aliphatic heterocycles. The lowest BCUT2D eigenvalue weighted by molar-refractivity contribution is -0.149. The summed E-state index contributed by atoms with van der Waals surface area (Å²) < 4.78 is 19.4. The van der Waals surface area contributed by atoms with Crippen molar-refractivity contribution in [3.63, 3.8) is 0 Å². The second-order valence-corrected chi connectivity index (χ2v) is 15.5. The molecule has 0 saturated heterocycles. The number of carbonyl (C=O) groups excluding carboxylic acids is 2. The molecule has 6 rings (SSSR count). The number of ether oxygens (including phenoxy) is 1. The van der Waals surface area contributed by atoms with Gasteiger partial charge in [-0.1, -0.05) is 158 Å². The van der Waals surface area contributed by atoms with Crippen molar-refractivity contribution in [1.82, 2.24) is 5.32 Å². The molecule has 0 aromatic heterocycles. The largest absolute Gasteiger partial charge is 0.459 e. The van der Waals surface area contributed by atoms with Crippen LogP contribution in [0.1, 0.15) is 22.3 Å². The first-order chi connectivity index (χ1) is 24.8. The Bertz CT molecular complexity index is 2090. The van der Waals surface area contributed by atoms with Crippen LogP contribution in [0.3, 0.4) is 0 Å². The molecule has 0 fully saturated rings. The molecule has 2 N–H and O–H groups in total. The van der Waals surface area contributed by atoms with Crippen LogP contribution in [-0.4, -0.2) is 35.1 Å². The minimum Gasteiger partial charge on any atom is -0.459 e. The van der Waals surface area contributed by atoms with Crippen molar-refractivity contribution in [2.45, 2.75) is 31.9 Å². The molecule has 0 saturated carbocycles. The normalized spacial score (nSPS) is 13.5. The van der Waals surface area contributed by atoms with Crippen LogP contribution >= 0.6 is 7.37 Å². The molecule has 0 radical (unpaired) electrons. The van der Waals surface area contributed by atoms with Gasteiger partial charge in [0.1, 0.15) is 12.6 Å². The van der Waals surface area contributed by atoms with Gasteiger partial charge >= 0.3 is 5.97 Å². The van der Waals surface area contributed by atoms with Crippen LogP contribution in [-0.2, 0) is 44.8 Å². The number of hydrogen-bond donors (Lipinski definition) is 2. The van der Waals surface area contributed by atoms with E-state index < -0.39 is 31.2 Å². The zero-order valence-electron chi connectivity index (χ0n) is 28.4. The molecule has 0 aliphatic carbocycles. The Labute approximate surface area is 299 Å². The van der Waals surface area contributed by atoms with E-state index in [9.17, 15) is 19.0 Å². The average Bonchev–Trinajstić information content (AvgIpc) is 3.17. The third kappa shape index (κ3) is 10.4. The first kappa shape index (κ1) is 35.5. The van der Waals surface area contributed by atoms with Crippen molar-refractivity contribution in [3.8, 4) is 11.1 Å². The monoisotopic (exact) mass is 695 g/mol. The first-order valence-electron chi connectivity index (χ1n) is 17.3. The fourth-order valence-electron chi connectivity index (χ4n) is 6.29. The first-order valence-corrected chi connectivity index (χ1v) is 19.3. The van der Waals surface area contributed by atoms with Crippen LogP contribution < -0.4 is 5.32 Å². The van der Waals surface area contributed by atoms with E-state index in [1.54, 1.807) is 0 Å². The van der Waals surface area contributed by atoms with Crippen molar-refractivity contribution in [3.05, 3.63) is 180 Å². The van der Waals surface area contributed by atoms with Crippen LogP contribution in [0.2, 0.25) is 0 Å². The van der Waals surface area contributed by atoms with Crippen molar-refractivity contribution < 1.29 is 23.8 Å². The molecule has 6 aromatic carbocycles. The molecule has 3 atom stereocenters. The standard InChI is InChI=1S/C44H42NO5P/c46-43(45-42(44(47)50-31-35-14-6-2-7-15-35)30-36-22-25-38-18-10-11-19-40(38)29-36)41(32-51(48,49)27-26-33-12-4-1-5-13-33)28-34-20-23-39(24-21-34)37-16-8-3-9-17-37/h1-25,29,41-42H,26-28,30-32H2,(H,45,46)(H,48,49)/t41-,42+/m1/s1. The number of carbonyl (C=O) groups is 2. The average molecular weight is 696 g/mol. The molecular weight excluding hydrogens is 653 g/mol. The number of esters is 1. The second-order valence-electron chi connectivity index (χ2n) is 13.0. The van der Waals surface area contributed by atoms with Crippen molar-refractivity contribution >= 4 is 30.0 Å². The third-order valence-corrected chi connectivity index (χ3v) is 11.0. The van der Waals surface area contributed by atoms with Gasteiger partial charge in [0.2, 0.25) is 13.3 Å². The summed E-state index contributed by atoms with van der Waals surface area (Å²) in [5.41, 5.74) is 5.62. The Kier molecular flexibility index (Phi) is 11.9. The highest BCUT2D eigenvalue weighted by Gasteiger charge is 2.32. The van der Waals surface area contributed by atoms with Gasteiger partial charge < -0.3 is 14.9 Å². The van der Waals surface area contributed by atoms with Crippen LogP contribution in [0.4, 0.5) is 0 Å². The van der Waals surface area contributed by atoms with E-state index in [2.05, 4.69) is 5.32 Å². The van der Waals surface area contributed by atoms with Gasteiger partial charge in [0.05, 0.1) is 5.92 Å². The lowest BCUT2D eigenvalue weighted by Gasteiger charge is -2.24. The summed E-state index contributed by atoms with van der Waals surface area (Å²) >= 11 is 0. The summed E-state index contributed by atoms with van der Waals surface area (Å²) in [5, 5.41) is 5.05. The third-order valence-electron chi connectivity index (χ3n) is 9.09. The maximum atomic E-state index is 14.2. The lowest BCUT2D eigenvalue weighted by Crippen LogP contribution is -2.47. The Morgan fingerprint density at radius 3 is 1.86 bits per heavy atom. The number of nitrogens with one attached hydrogen (secondary N) is 1. The van der Waals surface area contributed by atoms with E-state index in [1.165, 1.54) is 0 Å². The van der Waals surface area contributed by atoms with Crippen molar-refractivity contribution in [1.29, 1.82) is 0 Å². The molecule has 1 unspecified atom stereocenters. The molecule has 6 nitrogen and oxygen atoms in total. The maximum absolute atomic E-state index is 14.2. The van der Waals surface area contributed by atoms with Gasteiger partial charge in [-0.25, -0.2) is 4.79 Å². The summed E-state index contributed by atoms with van der Waals surface area (Å²) in [6, 6.07) is 49.8. The van der Waals surface area contributed by atoms with Crippen LogP contribution in [0.15, 0.2) is 158 Å². The minimum atomic E-state index is -3.75. The summed E-state index contributed by atoms with van der Waals surface area (Å²) in [6.07, 6.45) is 0.693. The highest BCUT2D eigenvalue weighted by atomic mass is 31.2. The number of rotatable bonds is 15. The molecule has 0 spiro atoms. The van der Waals surface area contributed by atoms with Gasteiger partial charge in [-0.3, -0.25) is 9.36 Å². The van der Waals surface area contributed by atoms with Gasteiger partial charge in [0.25, 0.3) is 0 Å². The second kappa shape index (κ2) is 17.1. The zero-order chi connectivity index (χ0) is 35.5. The van der Waals surface area contributed by atoms with Gasteiger partial charge in [-0.05, 0) is 57.0 Å². The number of benzene rings is 6. The highest BCUT2D eigenvalue weighted by molar-refractivity contribution is 7.58. The fraction of sp³-hybridized carbons (Fsp3) is 0.182. The molecule has 258 valence electrons. The number of amides is 1. The van der Waals surface area contributed by atoms with E-state index in [-0.39, 0.29) is 31.8 Å². The van der Waals surface area contributed by atoms with Crippen molar-refractivity contribution in [2.24, 2.45) is 5.92 Å². The molecule has 6 aromatic rings. The lowest BCUT2D eigenvalue weighted by atomic mass is 9.96. The topological polar surface area (TPSA) is 92.7 Å². The Hall–Kier alpha value is -5.29. The van der Waals surface area contributed by atoms with Crippen molar-refractivity contribution in [2.75, 3.05) is 12.3 Å². The zero-order valence-corrected chi connectivity index (χ0v) is 29.3. The Morgan fingerprint density at radius 2 is 1.18 bits per heavy atom. The van der Waals surface area contributed by atoms with Crippen LogP contribution in [0, 0.1) is 5.92 Å². The predicted molar refractivity (Wildman–Crippen MR) is 205 cm³/mol. The minimum absolute atomic E-state index is 0.0490. The van der Waals surface area contributed by atoms with Gasteiger partial charge in [0.15, 0.2) is 0 Å². The molecule has 7 heteroatoms. The van der Waals surface area contributed by atoms with Crippen LogP contribution in [0.5, 0.6) is 0 Å². The van der Waals surface area contributed by atoms with Gasteiger partial charge in [-0.15, -0.1) is 0 Å². The molecular formula is C44H42NO5P. The van der Waals surface area contributed by atoms with Gasteiger partial charge in [-0.2, -0.15) is 0 Å². The smallest absolute Gasteiger partial charge is 0.329 e. The quantitative estimate of drug-likeness (QED) is 0.0829. The summed E-state index contributed by atoms with van der Waals surface area (Å²) in [6.45, 7) is 0.0618. The van der Waals surface area contributed by atoms with E-state index >= 15 is 0 Å². The Morgan fingerprint density at radius 1 is 0.608 bits per heavy atom. The molecule has 1 amide bonds. The van der Waals surface area contributed by atoms with E-state index in [4.69, 9.17) is 4.74 Å². The number of aryl methyl sites for hydroxylation is 1. The molecule has 0 bridgehead atoms. The highest BCUT2D eigenvalue weighted by Crippen LogP contribution is 2.44. The number of hydrogen-bond acceptors (Lipinski definition) is 4. The van der Waals surface area contributed by atoms with Crippen LogP contribution in [0.25, 0.3) is 21.9 Å². The summed E-state index contributed by atoms with van der Waals surface area (Å²) in [7, 11) is -3.75. The molecule has 0 aliphatic rings. The maximum Gasteiger partial charge on any atom is 0.329 e. The van der Waals surface area contributed by atoms with E-state index in [0.717, 1.165) is 44.2 Å². The number of fused-ring (bicyclic) bond motifs is 1. The van der Waals surface area contributed by atoms with E-state index in [1.807, 2.05) is 158 Å². The Balaban J connectivity index is 1.24. The SMILES string of the molecule is O=C(N[C@@H](Cc1ccc2ccccc2c1)C(=O)OCc1ccccc1)[C@H](Cc1ccc(-c2ccccc2)cc1)CP(=O)(O)CCc1ccccc1. The van der Waals surface area contributed by atoms with E-state index in [0.29, 0.717) is 6.42 Å². The molecule has 0 heterocycles. The predicted octanol–water partition coefficient (Wildman–Crippen LogP) is 8.65. The summed E-state index contributed by atoms with van der Waals surface area (Å²) in [5.74, 6) is -1.89.